The van der Waals surface area contributed by atoms with Crippen LogP contribution in [0.5, 0.6) is 0 Å². The van der Waals surface area contributed by atoms with Crippen LogP contribution in [0.4, 0.5) is 0 Å². The van der Waals surface area contributed by atoms with Gasteiger partial charge in [-0.2, -0.15) is 0 Å². The van der Waals surface area contributed by atoms with Crippen LogP contribution in [-0.2, 0) is 17.4 Å². The van der Waals surface area contributed by atoms with Gasteiger partial charge in [-0.05, 0) is 43.7 Å². The Balaban J connectivity index is 2.14. The molecule has 1 spiro atoms. The summed E-state index contributed by atoms with van der Waals surface area (Å²) in [4.78, 5) is 4.89. The summed E-state index contributed by atoms with van der Waals surface area (Å²) in [5.41, 5.74) is 2.81. The van der Waals surface area contributed by atoms with Crippen molar-refractivity contribution in [3.05, 3.63) is 29.1 Å². The molecule has 0 radical (unpaired) electrons. The van der Waals surface area contributed by atoms with Crippen molar-refractivity contribution in [3.8, 4) is 0 Å². The average Bonchev–Trinajstić information content (AvgIpc) is 3.14. The SMILES string of the molecule is CC[C@]1(O)c2nc(C(C)(C)C)ccc2CCC12CC2. The maximum atomic E-state index is 11.3. The zero-order valence-electron chi connectivity index (χ0n) is 12.6. The van der Waals surface area contributed by atoms with Gasteiger partial charge in [0.1, 0.15) is 5.60 Å². The first-order valence-corrected chi connectivity index (χ1v) is 7.56. The molecule has 1 N–H and O–H groups in total. The van der Waals surface area contributed by atoms with Crippen molar-refractivity contribution < 1.29 is 5.11 Å². The van der Waals surface area contributed by atoms with Gasteiger partial charge in [0, 0.05) is 16.5 Å². The Morgan fingerprint density at radius 1 is 1.21 bits per heavy atom. The van der Waals surface area contributed by atoms with Crippen molar-refractivity contribution in [3.63, 3.8) is 0 Å². The molecule has 1 aromatic rings. The zero-order valence-corrected chi connectivity index (χ0v) is 12.6. The van der Waals surface area contributed by atoms with Gasteiger partial charge in [-0.25, -0.2) is 0 Å². The minimum absolute atomic E-state index is 0.0395. The molecule has 1 saturated carbocycles. The second-order valence-corrected chi connectivity index (χ2v) is 7.45. The van der Waals surface area contributed by atoms with Crippen molar-refractivity contribution in [1.29, 1.82) is 0 Å². The Kier molecular flexibility index (Phi) is 2.63. The monoisotopic (exact) mass is 259 g/mol. The van der Waals surface area contributed by atoms with E-state index in [4.69, 9.17) is 4.98 Å². The van der Waals surface area contributed by atoms with Crippen LogP contribution in [0.25, 0.3) is 0 Å². The first kappa shape index (κ1) is 13.1. The summed E-state index contributed by atoms with van der Waals surface area (Å²) < 4.78 is 0. The summed E-state index contributed by atoms with van der Waals surface area (Å²) in [5, 5.41) is 11.3. The fourth-order valence-corrected chi connectivity index (χ4v) is 3.65. The third-order valence-electron chi connectivity index (χ3n) is 5.25. The number of fused-ring (bicyclic) bond motifs is 1. The van der Waals surface area contributed by atoms with Gasteiger partial charge in [0.25, 0.3) is 0 Å². The maximum Gasteiger partial charge on any atom is 0.112 e. The van der Waals surface area contributed by atoms with Gasteiger partial charge in [0.2, 0.25) is 0 Å². The van der Waals surface area contributed by atoms with Crippen LogP contribution in [0.15, 0.2) is 12.1 Å². The van der Waals surface area contributed by atoms with Gasteiger partial charge in [0.15, 0.2) is 0 Å². The van der Waals surface area contributed by atoms with E-state index in [1.54, 1.807) is 0 Å². The number of nitrogens with zero attached hydrogens (tertiary/aromatic N) is 1. The molecule has 2 aliphatic carbocycles. The Morgan fingerprint density at radius 3 is 2.42 bits per heavy atom. The lowest BCUT2D eigenvalue weighted by atomic mass is 9.69. The Hall–Kier alpha value is -0.890. The summed E-state index contributed by atoms with van der Waals surface area (Å²) >= 11 is 0. The van der Waals surface area contributed by atoms with E-state index in [2.05, 4.69) is 39.8 Å². The van der Waals surface area contributed by atoms with E-state index in [1.165, 1.54) is 5.56 Å². The molecule has 1 heterocycles. The van der Waals surface area contributed by atoms with Crippen LogP contribution in [0.3, 0.4) is 0 Å². The van der Waals surface area contributed by atoms with Crippen LogP contribution in [-0.4, -0.2) is 10.1 Å². The van der Waals surface area contributed by atoms with Crippen LogP contribution in [0.2, 0.25) is 0 Å². The first-order valence-electron chi connectivity index (χ1n) is 7.56. The smallest absolute Gasteiger partial charge is 0.112 e. The van der Waals surface area contributed by atoms with Crippen LogP contribution >= 0.6 is 0 Å². The van der Waals surface area contributed by atoms with Crippen LogP contribution < -0.4 is 0 Å². The molecule has 0 saturated heterocycles. The van der Waals surface area contributed by atoms with E-state index >= 15 is 0 Å². The van der Waals surface area contributed by atoms with Crippen molar-refractivity contribution in [2.24, 2.45) is 5.41 Å². The van der Waals surface area contributed by atoms with Crippen molar-refractivity contribution >= 4 is 0 Å². The molecule has 3 rings (SSSR count). The fourth-order valence-electron chi connectivity index (χ4n) is 3.65. The lowest BCUT2D eigenvalue weighted by Crippen LogP contribution is -2.42. The van der Waals surface area contributed by atoms with E-state index in [-0.39, 0.29) is 10.8 Å². The Labute approximate surface area is 116 Å². The molecule has 0 aliphatic heterocycles. The number of hydrogen-bond donors (Lipinski definition) is 1. The quantitative estimate of drug-likeness (QED) is 0.834. The number of aryl methyl sites for hydroxylation is 1. The fraction of sp³-hybridized carbons (Fsp3) is 0.706. The third kappa shape index (κ3) is 1.76. The molecule has 1 atom stereocenters. The number of aromatic nitrogens is 1. The van der Waals surface area contributed by atoms with Gasteiger partial charge in [0.05, 0.1) is 5.69 Å². The Morgan fingerprint density at radius 2 is 1.89 bits per heavy atom. The molecule has 19 heavy (non-hydrogen) atoms. The molecular weight excluding hydrogens is 234 g/mol. The summed E-state index contributed by atoms with van der Waals surface area (Å²) in [5.74, 6) is 0. The predicted octanol–water partition coefficient (Wildman–Crippen LogP) is 3.70. The molecule has 104 valence electrons. The molecule has 1 fully saturated rings. The minimum Gasteiger partial charge on any atom is -0.383 e. The van der Waals surface area contributed by atoms with Crippen molar-refractivity contribution in [2.45, 2.75) is 70.8 Å². The largest absolute Gasteiger partial charge is 0.383 e. The second-order valence-electron chi connectivity index (χ2n) is 7.45. The number of aliphatic hydroxyl groups is 1. The lowest BCUT2D eigenvalue weighted by Gasteiger charge is -2.41. The summed E-state index contributed by atoms with van der Waals surface area (Å²) in [6.07, 6.45) is 5.31. The second kappa shape index (κ2) is 3.82. The average molecular weight is 259 g/mol. The van der Waals surface area contributed by atoms with E-state index in [0.29, 0.717) is 0 Å². The molecule has 0 aromatic carbocycles. The molecule has 2 heteroatoms. The topological polar surface area (TPSA) is 33.1 Å². The van der Waals surface area contributed by atoms with E-state index in [9.17, 15) is 5.11 Å². The highest BCUT2D eigenvalue weighted by atomic mass is 16.3. The molecule has 2 aliphatic rings. The van der Waals surface area contributed by atoms with Gasteiger partial charge in [-0.1, -0.05) is 33.8 Å². The maximum absolute atomic E-state index is 11.3. The van der Waals surface area contributed by atoms with E-state index in [0.717, 1.165) is 43.5 Å². The lowest BCUT2D eigenvalue weighted by molar-refractivity contribution is -0.0582. The summed E-state index contributed by atoms with van der Waals surface area (Å²) in [6.45, 7) is 8.65. The van der Waals surface area contributed by atoms with Gasteiger partial charge in [-0.3, -0.25) is 4.98 Å². The van der Waals surface area contributed by atoms with E-state index in [1.807, 2.05) is 0 Å². The zero-order chi connectivity index (χ0) is 13.9. The first-order chi connectivity index (χ1) is 8.82. The normalized spacial score (nSPS) is 28.3. The molecule has 2 nitrogen and oxygen atoms in total. The summed E-state index contributed by atoms with van der Waals surface area (Å²) in [6, 6.07) is 4.33. The standard InChI is InChI=1S/C17H25NO/c1-5-17(19)14-12(8-9-16(17)10-11-16)6-7-13(18-14)15(2,3)4/h6-7,19H,5,8-11H2,1-4H3/t17-/m0/s1. The summed E-state index contributed by atoms with van der Waals surface area (Å²) in [7, 11) is 0. The number of pyridine rings is 1. The molecule has 0 bridgehead atoms. The molecule has 0 unspecified atom stereocenters. The number of hydrogen-bond acceptors (Lipinski definition) is 2. The van der Waals surface area contributed by atoms with Crippen LogP contribution in [0.1, 0.15) is 70.3 Å². The van der Waals surface area contributed by atoms with Crippen LogP contribution in [0, 0.1) is 5.41 Å². The van der Waals surface area contributed by atoms with Gasteiger partial charge in [-0.15, -0.1) is 0 Å². The van der Waals surface area contributed by atoms with Crippen molar-refractivity contribution in [1.82, 2.24) is 4.98 Å². The van der Waals surface area contributed by atoms with Gasteiger partial charge < -0.3 is 5.11 Å². The van der Waals surface area contributed by atoms with Crippen molar-refractivity contribution in [2.75, 3.05) is 0 Å². The highest BCUT2D eigenvalue weighted by Crippen LogP contribution is 2.64. The highest BCUT2D eigenvalue weighted by Gasteiger charge is 2.61. The van der Waals surface area contributed by atoms with Gasteiger partial charge >= 0.3 is 0 Å². The third-order valence-corrected chi connectivity index (χ3v) is 5.25. The molecular formula is C17H25NO. The molecule has 0 amide bonds. The Bertz CT molecular complexity index is 510. The van der Waals surface area contributed by atoms with E-state index < -0.39 is 5.60 Å². The number of rotatable bonds is 1. The minimum atomic E-state index is -0.693. The highest BCUT2D eigenvalue weighted by molar-refractivity contribution is 5.36. The molecule has 1 aromatic heterocycles. The predicted molar refractivity (Wildman–Crippen MR) is 77.1 cm³/mol.